The van der Waals surface area contributed by atoms with Gasteiger partial charge in [0.2, 0.25) is 5.88 Å². The van der Waals surface area contributed by atoms with Crippen LogP contribution in [0.15, 0.2) is 60.2 Å². The largest absolute Gasteiger partial charge is 0.476 e. The van der Waals surface area contributed by atoms with Crippen molar-refractivity contribution in [1.82, 2.24) is 9.88 Å². The zero-order valence-electron chi connectivity index (χ0n) is 31.6. The number of piperazine rings is 1. The molecule has 0 N–H and O–H groups in total. The second kappa shape index (κ2) is 15.4. The third-order valence-electron chi connectivity index (χ3n) is 10.1. The van der Waals surface area contributed by atoms with E-state index in [0.29, 0.717) is 42.5 Å². The molecule has 0 unspecified atom stereocenters. The van der Waals surface area contributed by atoms with Gasteiger partial charge in [-0.05, 0) is 105 Å². The number of rotatable bonds is 7. The van der Waals surface area contributed by atoms with Crippen LogP contribution in [0.25, 0.3) is 5.57 Å². The molecule has 1 aliphatic carbocycles. The molecule has 1 aromatic heterocycles. The Morgan fingerprint density at radius 3 is 2.40 bits per heavy atom. The number of carbonyl (C=O) groups is 2. The molecule has 0 saturated carbocycles. The summed E-state index contributed by atoms with van der Waals surface area (Å²) in [5, 5.41) is 0.766. The van der Waals surface area contributed by atoms with Gasteiger partial charge in [-0.25, -0.2) is 9.59 Å². The first-order chi connectivity index (χ1) is 24.7. The molecule has 3 aromatic rings. The fraction of sp³-hybridized carbons (Fsp3) is 0.488. The van der Waals surface area contributed by atoms with Crippen molar-refractivity contribution in [2.75, 3.05) is 74.7 Å². The molecule has 2 aliphatic heterocycles. The molecule has 0 spiro atoms. The molecule has 1 saturated heterocycles. The van der Waals surface area contributed by atoms with E-state index in [9.17, 15) is 9.59 Å². The molecule has 6 rings (SSSR count). The average molecular weight is 730 g/mol. The van der Waals surface area contributed by atoms with Gasteiger partial charge in [0, 0.05) is 57.0 Å². The normalized spacial score (nSPS) is 17.9. The predicted octanol–water partition coefficient (Wildman–Crippen LogP) is 8.60. The highest BCUT2D eigenvalue weighted by Gasteiger charge is 2.31. The Labute approximate surface area is 313 Å². The number of ether oxygens (including phenoxy) is 3. The van der Waals surface area contributed by atoms with Crippen LogP contribution in [0.5, 0.6) is 5.88 Å². The molecule has 0 atom stereocenters. The van der Waals surface area contributed by atoms with Crippen LogP contribution >= 0.6 is 11.6 Å². The summed E-state index contributed by atoms with van der Waals surface area (Å²) in [6, 6.07) is 17.9. The average Bonchev–Trinajstić information content (AvgIpc) is 3.33. The molecule has 3 heterocycles. The molecule has 3 aliphatic rings. The SMILES string of the molecule is COC(=O)c1ccc(N2CCN(CC3=C(c4ccc(Cl)cc4)CC(C)(C)CC3)CC2)cc1N1CCCOc2nc(N(C)C(=O)OC(C)(C)C)ccc21. The molecule has 52 heavy (non-hydrogen) atoms. The van der Waals surface area contributed by atoms with Crippen LogP contribution in [0.4, 0.5) is 27.7 Å². The highest BCUT2D eigenvalue weighted by atomic mass is 35.5. The molecule has 0 bridgehead atoms. The Morgan fingerprint density at radius 1 is 0.981 bits per heavy atom. The summed E-state index contributed by atoms with van der Waals surface area (Å²) in [7, 11) is 3.03. The maximum atomic E-state index is 13.1. The summed E-state index contributed by atoms with van der Waals surface area (Å²) in [6.07, 6.45) is 3.57. The quantitative estimate of drug-likeness (QED) is 0.222. The van der Waals surface area contributed by atoms with Crippen LogP contribution < -0.4 is 19.4 Å². The molecule has 0 radical (unpaired) electrons. The number of nitrogens with zero attached hydrogens (tertiary/aromatic N) is 5. The molecule has 1 fully saturated rings. The Hall–Kier alpha value is -4.28. The fourth-order valence-electron chi connectivity index (χ4n) is 7.23. The summed E-state index contributed by atoms with van der Waals surface area (Å²) in [6.45, 7) is 15.9. The molecular formula is C41H52ClN5O5. The molecule has 2 aromatic carbocycles. The standard InChI is InChI=1S/C41H52ClN5O5/c1-40(2,3)52-39(49)44(6)36-16-15-34-37(43-36)51-24-8-19-47(34)35-25-31(13-14-32(35)38(48)50-7)46-22-20-45(21-23-46)27-29-17-18-41(4,5)26-33(29)28-9-11-30(42)12-10-28/h9-16,25H,8,17-24,26-27H2,1-7H3. The number of aromatic nitrogens is 1. The van der Waals surface area contributed by atoms with Gasteiger partial charge in [0.05, 0.1) is 25.0 Å². The minimum Gasteiger partial charge on any atom is -0.476 e. The first kappa shape index (κ1) is 37.5. The van der Waals surface area contributed by atoms with E-state index in [1.54, 1.807) is 13.1 Å². The van der Waals surface area contributed by atoms with Crippen LogP contribution in [0.3, 0.4) is 0 Å². The van der Waals surface area contributed by atoms with Crippen molar-refractivity contribution in [3.05, 3.63) is 76.3 Å². The van der Waals surface area contributed by atoms with Gasteiger partial charge in [-0.2, -0.15) is 4.98 Å². The summed E-state index contributed by atoms with van der Waals surface area (Å²) in [5.74, 6) is 0.383. The molecular weight excluding hydrogens is 678 g/mol. The van der Waals surface area contributed by atoms with Crippen LogP contribution in [0.1, 0.15) is 76.2 Å². The van der Waals surface area contributed by atoms with Gasteiger partial charge in [-0.3, -0.25) is 9.80 Å². The van der Waals surface area contributed by atoms with Gasteiger partial charge in [0.1, 0.15) is 17.1 Å². The molecule has 10 nitrogen and oxygen atoms in total. The minimum atomic E-state index is -0.641. The maximum absolute atomic E-state index is 13.1. The van der Waals surface area contributed by atoms with Crippen LogP contribution in [-0.4, -0.2) is 87.6 Å². The second-order valence-electron chi connectivity index (χ2n) is 15.8. The summed E-state index contributed by atoms with van der Waals surface area (Å²) in [5.41, 5.74) is 6.89. The maximum Gasteiger partial charge on any atom is 0.415 e. The number of halogens is 1. The smallest absolute Gasteiger partial charge is 0.415 e. The number of fused-ring (bicyclic) bond motifs is 1. The van der Waals surface area contributed by atoms with E-state index in [1.165, 1.54) is 35.1 Å². The highest BCUT2D eigenvalue weighted by Crippen LogP contribution is 2.44. The first-order valence-corrected chi connectivity index (χ1v) is 18.6. The predicted molar refractivity (Wildman–Crippen MR) is 208 cm³/mol. The molecule has 11 heteroatoms. The Balaban J connectivity index is 1.22. The van der Waals surface area contributed by atoms with Gasteiger partial charge in [-0.1, -0.05) is 43.2 Å². The Morgan fingerprint density at radius 2 is 1.71 bits per heavy atom. The van der Waals surface area contributed by atoms with Crippen molar-refractivity contribution in [2.45, 2.75) is 65.9 Å². The number of hydrogen-bond acceptors (Lipinski definition) is 9. The molecule has 1 amide bonds. The van der Waals surface area contributed by atoms with Crippen molar-refractivity contribution in [3.63, 3.8) is 0 Å². The van der Waals surface area contributed by atoms with Crippen molar-refractivity contribution >= 4 is 52.1 Å². The lowest BCUT2D eigenvalue weighted by Gasteiger charge is -2.39. The third kappa shape index (κ3) is 8.67. The van der Waals surface area contributed by atoms with Crippen molar-refractivity contribution in [2.24, 2.45) is 5.41 Å². The zero-order valence-corrected chi connectivity index (χ0v) is 32.4. The summed E-state index contributed by atoms with van der Waals surface area (Å²) in [4.78, 5) is 39.1. The van der Waals surface area contributed by atoms with Gasteiger partial charge in [0.25, 0.3) is 0 Å². The van der Waals surface area contributed by atoms with E-state index < -0.39 is 17.7 Å². The zero-order chi connectivity index (χ0) is 37.2. The minimum absolute atomic E-state index is 0.278. The number of carbonyl (C=O) groups excluding carboxylic acids is 2. The summed E-state index contributed by atoms with van der Waals surface area (Å²) < 4.78 is 16.9. The van der Waals surface area contributed by atoms with E-state index >= 15 is 0 Å². The summed E-state index contributed by atoms with van der Waals surface area (Å²) >= 11 is 6.24. The topological polar surface area (TPSA) is 87.7 Å². The van der Waals surface area contributed by atoms with Gasteiger partial charge >= 0.3 is 12.1 Å². The van der Waals surface area contributed by atoms with Gasteiger partial charge < -0.3 is 24.0 Å². The van der Waals surface area contributed by atoms with E-state index in [4.69, 9.17) is 30.8 Å². The van der Waals surface area contributed by atoms with E-state index in [-0.39, 0.29) is 5.41 Å². The Kier molecular flexibility index (Phi) is 11.1. The van der Waals surface area contributed by atoms with Crippen molar-refractivity contribution < 1.29 is 23.8 Å². The van der Waals surface area contributed by atoms with E-state index in [0.717, 1.165) is 62.0 Å². The number of anilines is 4. The highest BCUT2D eigenvalue weighted by molar-refractivity contribution is 6.30. The van der Waals surface area contributed by atoms with Gasteiger partial charge in [0.15, 0.2) is 0 Å². The van der Waals surface area contributed by atoms with Crippen LogP contribution in [0.2, 0.25) is 5.02 Å². The van der Waals surface area contributed by atoms with Crippen LogP contribution in [-0.2, 0) is 9.47 Å². The van der Waals surface area contributed by atoms with E-state index in [1.807, 2.05) is 51.1 Å². The molecule has 278 valence electrons. The fourth-order valence-corrected chi connectivity index (χ4v) is 7.35. The second-order valence-corrected chi connectivity index (χ2v) is 16.2. The monoisotopic (exact) mass is 729 g/mol. The lowest BCUT2D eigenvalue weighted by Crippen LogP contribution is -2.47. The number of esters is 1. The van der Waals surface area contributed by atoms with Crippen LogP contribution in [0, 0.1) is 5.41 Å². The third-order valence-corrected chi connectivity index (χ3v) is 10.4. The number of methoxy groups -OCH3 is 1. The van der Waals surface area contributed by atoms with E-state index in [2.05, 4.69) is 46.7 Å². The number of hydrogen-bond donors (Lipinski definition) is 0. The lowest BCUT2D eigenvalue weighted by atomic mass is 9.72. The van der Waals surface area contributed by atoms with Gasteiger partial charge in [-0.15, -0.1) is 0 Å². The lowest BCUT2D eigenvalue weighted by molar-refractivity contribution is 0.0583. The first-order valence-electron chi connectivity index (χ1n) is 18.3. The number of allylic oxidation sites excluding steroid dienone is 1. The number of benzene rings is 2. The number of amides is 1. The Bertz CT molecular complexity index is 1810. The van der Waals surface area contributed by atoms with Crippen molar-refractivity contribution in [1.29, 1.82) is 0 Å². The van der Waals surface area contributed by atoms with Crippen molar-refractivity contribution in [3.8, 4) is 5.88 Å². The number of pyridine rings is 1.